The summed E-state index contributed by atoms with van der Waals surface area (Å²) in [5.41, 5.74) is 1.22. The third kappa shape index (κ3) is 1.21. The topological polar surface area (TPSA) is 72.2 Å². The van der Waals surface area contributed by atoms with Crippen molar-refractivity contribution in [3.63, 3.8) is 0 Å². The standard InChI is InChI=1S/C9H12N4O2/c1-4-12-8(14)7-5(2)6(3)10-13(7)9(15)11-12/h4H2,1-3H3,(H,11,15). The van der Waals surface area contributed by atoms with Crippen LogP contribution in [-0.2, 0) is 6.54 Å². The van der Waals surface area contributed by atoms with Crippen LogP contribution in [0.5, 0.6) is 0 Å². The summed E-state index contributed by atoms with van der Waals surface area (Å²) in [5.74, 6) is 0. The van der Waals surface area contributed by atoms with E-state index in [1.54, 1.807) is 20.8 Å². The zero-order valence-corrected chi connectivity index (χ0v) is 8.87. The first-order valence-electron chi connectivity index (χ1n) is 4.75. The van der Waals surface area contributed by atoms with Crippen molar-refractivity contribution in [1.82, 2.24) is 19.4 Å². The van der Waals surface area contributed by atoms with Crippen molar-refractivity contribution in [3.05, 3.63) is 32.1 Å². The molecule has 0 aliphatic carbocycles. The van der Waals surface area contributed by atoms with Crippen LogP contribution in [0.2, 0.25) is 0 Å². The minimum Gasteiger partial charge on any atom is -0.265 e. The zero-order chi connectivity index (χ0) is 11.2. The monoisotopic (exact) mass is 208 g/mol. The van der Waals surface area contributed by atoms with Crippen molar-refractivity contribution in [2.75, 3.05) is 0 Å². The first-order chi connectivity index (χ1) is 7.06. The third-order valence-electron chi connectivity index (χ3n) is 2.55. The maximum Gasteiger partial charge on any atom is 0.361 e. The lowest BCUT2D eigenvalue weighted by atomic mass is 10.2. The van der Waals surface area contributed by atoms with Crippen molar-refractivity contribution < 1.29 is 0 Å². The van der Waals surface area contributed by atoms with Crippen molar-refractivity contribution in [1.29, 1.82) is 0 Å². The van der Waals surface area contributed by atoms with Crippen molar-refractivity contribution in [2.24, 2.45) is 0 Å². The van der Waals surface area contributed by atoms with Gasteiger partial charge < -0.3 is 0 Å². The van der Waals surface area contributed by atoms with E-state index in [1.165, 1.54) is 4.68 Å². The van der Waals surface area contributed by atoms with E-state index in [1.807, 2.05) is 0 Å². The van der Waals surface area contributed by atoms with Crippen LogP contribution in [0.4, 0.5) is 0 Å². The lowest BCUT2D eigenvalue weighted by Gasteiger charge is -2.01. The molecule has 0 spiro atoms. The van der Waals surface area contributed by atoms with Crippen molar-refractivity contribution in [2.45, 2.75) is 27.3 Å². The Hall–Kier alpha value is -1.85. The van der Waals surface area contributed by atoms with E-state index < -0.39 is 0 Å². The molecule has 2 rings (SSSR count). The van der Waals surface area contributed by atoms with Crippen LogP contribution in [0, 0.1) is 13.8 Å². The van der Waals surface area contributed by atoms with Gasteiger partial charge in [-0.1, -0.05) is 0 Å². The first kappa shape index (κ1) is 9.70. The van der Waals surface area contributed by atoms with E-state index in [0.717, 1.165) is 10.1 Å². The number of rotatable bonds is 1. The molecule has 0 radical (unpaired) electrons. The number of fused-ring (bicyclic) bond motifs is 1. The molecule has 2 aromatic heterocycles. The fourth-order valence-electron chi connectivity index (χ4n) is 1.57. The third-order valence-corrected chi connectivity index (χ3v) is 2.55. The van der Waals surface area contributed by atoms with Gasteiger partial charge in [-0.25, -0.2) is 14.6 Å². The number of aromatic amines is 1. The number of hydrogen-bond donors (Lipinski definition) is 1. The number of aromatic nitrogens is 4. The molecular weight excluding hydrogens is 196 g/mol. The Kier molecular flexibility index (Phi) is 1.99. The Labute approximate surface area is 85.1 Å². The number of nitrogens with one attached hydrogen (secondary N) is 1. The molecule has 2 heterocycles. The largest absolute Gasteiger partial charge is 0.361 e. The molecule has 0 aliphatic heterocycles. The second-order valence-corrected chi connectivity index (χ2v) is 3.44. The molecule has 0 aromatic carbocycles. The van der Waals surface area contributed by atoms with Gasteiger partial charge in [-0.15, -0.1) is 0 Å². The van der Waals surface area contributed by atoms with Crippen molar-refractivity contribution in [3.8, 4) is 0 Å². The average Bonchev–Trinajstić information content (AvgIpc) is 2.50. The lowest BCUT2D eigenvalue weighted by molar-refractivity contribution is 0.581. The molecule has 2 aromatic rings. The highest BCUT2D eigenvalue weighted by Crippen LogP contribution is 2.06. The van der Waals surface area contributed by atoms with E-state index in [4.69, 9.17) is 0 Å². The van der Waals surface area contributed by atoms with Crippen LogP contribution < -0.4 is 11.2 Å². The fourth-order valence-corrected chi connectivity index (χ4v) is 1.57. The summed E-state index contributed by atoms with van der Waals surface area (Å²) < 4.78 is 2.41. The highest BCUT2D eigenvalue weighted by atomic mass is 16.2. The Morgan fingerprint density at radius 3 is 2.60 bits per heavy atom. The Balaban J connectivity index is 3.09. The average molecular weight is 208 g/mol. The van der Waals surface area contributed by atoms with E-state index >= 15 is 0 Å². The summed E-state index contributed by atoms with van der Waals surface area (Å²) in [6.45, 7) is 5.80. The summed E-state index contributed by atoms with van der Waals surface area (Å²) in [4.78, 5) is 23.4. The van der Waals surface area contributed by atoms with Gasteiger partial charge in [0, 0.05) is 12.1 Å². The number of H-pyrrole nitrogens is 1. The molecule has 0 bridgehead atoms. The van der Waals surface area contributed by atoms with E-state index in [2.05, 4.69) is 10.2 Å². The van der Waals surface area contributed by atoms with Crippen LogP contribution in [-0.4, -0.2) is 19.4 Å². The zero-order valence-electron chi connectivity index (χ0n) is 8.87. The molecule has 0 unspecified atom stereocenters. The van der Waals surface area contributed by atoms with Gasteiger partial charge in [0.1, 0.15) is 5.52 Å². The molecule has 0 aliphatic rings. The summed E-state index contributed by atoms with van der Waals surface area (Å²) in [6.07, 6.45) is 0. The maximum atomic E-state index is 11.9. The molecule has 6 heteroatoms. The predicted molar refractivity (Wildman–Crippen MR) is 55.2 cm³/mol. The minimum absolute atomic E-state index is 0.213. The van der Waals surface area contributed by atoms with E-state index in [-0.39, 0.29) is 11.2 Å². The molecule has 0 fully saturated rings. The molecule has 1 N–H and O–H groups in total. The van der Waals surface area contributed by atoms with Gasteiger partial charge >= 0.3 is 5.69 Å². The summed E-state index contributed by atoms with van der Waals surface area (Å²) in [6, 6.07) is 0. The van der Waals surface area contributed by atoms with Crippen LogP contribution in [0.3, 0.4) is 0 Å². The molecule has 0 saturated carbocycles. The summed E-state index contributed by atoms with van der Waals surface area (Å²) in [7, 11) is 0. The molecular formula is C9H12N4O2. The van der Waals surface area contributed by atoms with Crippen LogP contribution in [0.1, 0.15) is 18.2 Å². The van der Waals surface area contributed by atoms with Crippen LogP contribution in [0.15, 0.2) is 9.59 Å². The Bertz CT molecular complexity index is 632. The summed E-state index contributed by atoms with van der Waals surface area (Å²) in [5, 5.41) is 6.47. The maximum absolute atomic E-state index is 11.9. The highest BCUT2D eigenvalue weighted by molar-refractivity contribution is 5.53. The Morgan fingerprint density at radius 2 is 2.00 bits per heavy atom. The fraction of sp³-hybridized carbons (Fsp3) is 0.444. The molecule has 0 saturated heterocycles. The minimum atomic E-state index is -0.386. The van der Waals surface area contributed by atoms with Gasteiger partial charge in [0.15, 0.2) is 0 Å². The van der Waals surface area contributed by atoms with E-state index in [9.17, 15) is 9.59 Å². The van der Waals surface area contributed by atoms with Gasteiger partial charge in [-0.05, 0) is 20.8 Å². The quantitative estimate of drug-likeness (QED) is 0.706. The predicted octanol–water partition coefficient (Wildman–Crippen LogP) is -0.179. The molecule has 80 valence electrons. The van der Waals surface area contributed by atoms with Crippen LogP contribution in [0.25, 0.3) is 5.52 Å². The highest BCUT2D eigenvalue weighted by Gasteiger charge is 2.12. The van der Waals surface area contributed by atoms with E-state index in [0.29, 0.717) is 17.8 Å². The second-order valence-electron chi connectivity index (χ2n) is 3.44. The number of hydrogen-bond acceptors (Lipinski definition) is 3. The SMILES string of the molecule is CCn1[nH]c(=O)n2nc(C)c(C)c2c1=O. The van der Waals surface area contributed by atoms with Gasteiger partial charge in [-0.2, -0.15) is 9.61 Å². The first-order valence-corrected chi connectivity index (χ1v) is 4.75. The molecule has 0 amide bonds. The summed E-state index contributed by atoms with van der Waals surface area (Å²) >= 11 is 0. The van der Waals surface area contributed by atoms with Gasteiger partial charge in [0.2, 0.25) is 0 Å². The second kappa shape index (κ2) is 3.08. The van der Waals surface area contributed by atoms with Gasteiger partial charge in [-0.3, -0.25) is 4.79 Å². The van der Waals surface area contributed by atoms with Gasteiger partial charge in [0.05, 0.1) is 5.69 Å². The molecule has 6 nitrogen and oxygen atoms in total. The smallest absolute Gasteiger partial charge is 0.265 e. The van der Waals surface area contributed by atoms with Crippen molar-refractivity contribution >= 4 is 5.52 Å². The number of nitrogens with zero attached hydrogens (tertiary/aromatic N) is 3. The lowest BCUT2D eigenvalue weighted by Crippen LogP contribution is -2.34. The molecule has 0 atom stereocenters. The Morgan fingerprint density at radius 1 is 1.33 bits per heavy atom. The molecule has 15 heavy (non-hydrogen) atoms. The number of aryl methyl sites for hydroxylation is 3. The van der Waals surface area contributed by atoms with Crippen LogP contribution >= 0.6 is 0 Å². The normalized spacial score (nSPS) is 11.1. The van der Waals surface area contributed by atoms with Gasteiger partial charge in [0.25, 0.3) is 5.56 Å².